The molecule has 10 nitrogen and oxygen atoms in total. The van der Waals surface area contributed by atoms with Crippen LogP contribution in [-0.2, 0) is 44.2 Å². The van der Waals surface area contributed by atoms with Gasteiger partial charge in [0.05, 0.1) is 47.7 Å². The minimum atomic E-state index is -3.43. The van der Waals surface area contributed by atoms with Crippen molar-refractivity contribution < 1.29 is 65.8 Å². The summed E-state index contributed by atoms with van der Waals surface area (Å²) in [6.07, 6.45) is 9.85. The van der Waals surface area contributed by atoms with E-state index in [1.165, 1.54) is 14.7 Å². The van der Waals surface area contributed by atoms with E-state index in [4.69, 9.17) is 23.7 Å². The highest BCUT2D eigenvalue weighted by atomic mass is 32.2. The van der Waals surface area contributed by atoms with E-state index in [2.05, 4.69) is 60.7 Å². The van der Waals surface area contributed by atoms with E-state index >= 15 is 0 Å². The minimum Gasteiger partial charge on any atom is -0.482 e. The van der Waals surface area contributed by atoms with E-state index in [1.807, 2.05) is 24.3 Å². The Kier molecular flexibility index (Phi) is 16.5. The number of esters is 3. The lowest BCUT2D eigenvalue weighted by molar-refractivity contribution is -0.197. The van der Waals surface area contributed by atoms with E-state index in [-0.39, 0.29) is 49.0 Å². The van der Waals surface area contributed by atoms with Crippen LogP contribution in [0.5, 0.6) is 5.75 Å². The van der Waals surface area contributed by atoms with E-state index in [1.54, 1.807) is 11.8 Å². The third-order valence-electron chi connectivity index (χ3n) is 14.5. The molecule has 5 atom stereocenters. The summed E-state index contributed by atoms with van der Waals surface area (Å²) >= 11 is 1.72. The maximum absolute atomic E-state index is 12.8. The highest BCUT2D eigenvalue weighted by molar-refractivity contribution is 7.99. The van der Waals surface area contributed by atoms with Crippen molar-refractivity contribution in [3.63, 3.8) is 0 Å². The van der Waals surface area contributed by atoms with E-state index in [0.717, 1.165) is 70.0 Å². The standard InChI is InChI=1S/C24H23O4S2.2C14H20F2O3.CH4/c25-23(28-24-18-29-16-15-26-24)17-27-19-11-13-22(14-12-19)30(20-7-3-1-4-8-20)21-9-5-2-6-10-21;2*1-12(15,16)11(17)19-8-13-3-9-2-10(4-13)6-14(18,5-9)7-13;/h1-14,24H,15-18H2;2*9-10,18H,2-8H2,1H3;1H4/q+1;;;. The number of rotatable bonds is 13. The molecule has 8 aliphatic carbocycles. The van der Waals surface area contributed by atoms with Crippen LogP contribution in [0.3, 0.4) is 0 Å². The molecule has 9 fully saturated rings. The number of carbonyl (C=O) groups is 3. The fourth-order valence-electron chi connectivity index (χ4n) is 12.9. The number of halogens is 4. The summed E-state index contributed by atoms with van der Waals surface area (Å²) in [7, 11) is -0.207. The second-order valence-corrected chi connectivity index (χ2v) is 24.0. The van der Waals surface area contributed by atoms with Gasteiger partial charge in [-0.25, -0.2) is 14.4 Å². The van der Waals surface area contributed by atoms with Gasteiger partial charge in [-0.2, -0.15) is 29.3 Å². The third kappa shape index (κ3) is 13.6. The average Bonchev–Trinajstić information content (AvgIpc) is 3.26. The Hall–Kier alpha value is -3.83. The van der Waals surface area contributed by atoms with Crippen LogP contribution in [0.15, 0.2) is 99.6 Å². The molecule has 12 rings (SSSR count). The third-order valence-corrected chi connectivity index (χ3v) is 17.7. The van der Waals surface area contributed by atoms with Crippen molar-refractivity contribution in [3.05, 3.63) is 84.9 Å². The molecule has 0 aromatic heterocycles. The van der Waals surface area contributed by atoms with E-state index in [9.17, 15) is 42.2 Å². The lowest BCUT2D eigenvalue weighted by Crippen LogP contribution is -2.57. The SMILES string of the molecule is C.CC(F)(F)C(=O)OCC12CC3CC(CC(O)(C3)C1)C2.CC(F)(F)C(=O)OCC12CC3CC(CC(O)(C3)C1)C2.O=C(COc1ccc([S+](c2ccccc2)c2ccccc2)cc1)OC1CSCCO1. The van der Waals surface area contributed by atoms with Gasteiger partial charge in [0, 0.05) is 30.4 Å². The van der Waals surface area contributed by atoms with Gasteiger partial charge in [-0.3, -0.25) is 0 Å². The highest BCUT2D eigenvalue weighted by Crippen LogP contribution is 2.63. The van der Waals surface area contributed by atoms with E-state index in [0.29, 0.717) is 68.5 Å². The van der Waals surface area contributed by atoms with Gasteiger partial charge in [0.15, 0.2) is 21.3 Å². The molecule has 2 N–H and O–H groups in total. The van der Waals surface area contributed by atoms with Gasteiger partial charge in [0.25, 0.3) is 0 Å². The number of alkyl halides is 4. The van der Waals surface area contributed by atoms with Crippen molar-refractivity contribution >= 4 is 40.6 Å². The Morgan fingerprint density at radius 3 is 1.46 bits per heavy atom. The molecule has 8 saturated carbocycles. The molecule has 1 heterocycles. The van der Waals surface area contributed by atoms with Crippen molar-refractivity contribution in [1.82, 2.24) is 0 Å². The molecule has 1 saturated heterocycles. The summed E-state index contributed by atoms with van der Waals surface area (Å²) in [4.78, 5) is 38.1. The van der Waals surface area contributed by atoms with Gasteiger partial charge >= 0.3 is 29.8 Å². The number of hydrogen-bond donors (Lipinski definition) is 2. The zero-order valence-electron chi connectivity index (χ0n) is 38.7. The van der Waals surface area contributed by atoms with Crippen LogP contribution >= 0.6 is 11.8 Å². The van der Waals surface area contributed by atoms with Crippen LogP contribution in [0, 0.1) is 34.5 Å². The van der Waals surface area contributed by atoms with Gasteiger partial charge < -0.3 is 33.9 Å². The predicted molar refractivity (Wildman–Crippen MR) is 254 cm³/mol. The van der Waals surface area contributed by atoms with Crippen LogP contribution in [0.25, 0.3) is 0 Å². The van der Waals surface area contributed by atoms with E-state index < -0.39 is 47.2 Å². The summed E-state index contributed by atoms with van der Waals surface area (Å²) < 4.78 is 77.3. The number of ether oxygens (including phenoxy) is 5. The first-order valence-electron chi connectivity index (χ1n) is 23.7. The molecular formula is C53H67F4O10S2+. The number of benzene rings is 3. The molecular weight excluding hydrogens is 937 g/mol. The molecule has 1 aliphatic heterocycles. The first-order chi connectivity index (χ1) is 32.2. The minimum absolute atomic E-state index is 0. The number of thioether (sulfide) groups is 1. The smallest absolute Gasteiger partial charge is 0.376 e. The Balaban J connectivity index is 0.000000158. The van der Waals surface area contributed by atoms with Crippen LogP contribution in [-0.4, -0.2) is 95.4 Å². The predicted octanol–water partition coefficient (Wildman–Crippen LogP) is 10.5. The quantitative estimate of drug-likeness (QED) is 0.0733. The normalized spacial score (nSPS) is 31.5. The Labute approximate surface area is 410 Å². The summed E-state index contributed by atoms with van der Waals surface area (Å²) in [6, 6.07) is 28.9. The van der Waals surface area contributed by atoms with Crippen molar-refractivity contribution in [2.75, 3.05) is 37.9 Å². The van der Waals surface area contributed by atoms with Gasteiger partial charge in [-0.1, -0.05) is 43.8 Å². The molecule has 5 unspecified atom stereocenters. The number of carbonyl (C=O) groups excluding carboxylic acids is 3. The van der Waals surface area contributed by atoms with Crippen molar-refractivity contribution in [2.45, 2.75) is 142 Å². The average molecular weight is 1000 g/mol. The molecule has 9 aliphatic rings. The second-order valence-electron chi connectivity index (χ2n) is 20.9. The molecule has 3 aromatic carbocycles. The number of aliphatic hydroxyl groups is 2. The second kappa shape index (κ2) is 21.5. The first-order valence-corrected chi connectivity index (χ1v) is 26.1. The molecule has 0 amide bonds. The monoisotopic (exact) mass is 1000 g/mol. The van der Waals surface area contributed by atoms with Crippen molar-refractivity contribution in [3.8, 4) is 5.75 Å². The Morgan fingerprint density at radius 1 is 0.667 bits per heavy atom. The van der Waals surface area contributed by atoms with Gasteiger partial charge in [0.1, 0.15) is 5.75 Å². The highest BCUT2D eigenvalue weighted by Gasteiger charge is 2.59. The van der Waals surface area contributed by atoms with Crippen LogP contribution in [0.2, 0.25) is 0 Å². The van der Waals surface area contributed by atoms with Crippen molar-refractivity contribution in [2.24, 2.45) is 34.5 Å². The van der Waals surface area contributed by atoms with Crippen molar-refractivity contribution in [1.29, 1.82) is 0 Å². The molecule has 69 heavy (non-hydrogen) atoms. The maximum atomic E-state index is 12.8. The Bertz CT molecular complexity index is 2060. The lowest BCUT2D eigenvalue weighted by Gasteiger charge is -2.59. The molecule has 16 heteroatoms. The van der Waals surface area contributed by atoms with Crippen LogP contribution in [0.4, 0.5) is 17.6 Å². The van der Waals surface area contributed by atoms with Crippen LogP contribution < -0.4 is 4.74 Å². The molecule has 0 spiro atoms. The number of hydrogen-bond acceptors (Lipinski definition) is 11. The van der Waals surface area contributed by atoms with Crippen LogP contribution in [0.1, 0.15) is 98.3 Å². The lowest BCUT2D eigenvalue weighted by atomic mass is 9.48. The van der Waals surface area contributed by atoms with Gasteiger partial charge in [-0.15, -0.1) is 0 Å². The summed E-state index contributed by atoms with van der Waals surface area (Å²) in [5.74, 6) is -6.08. The molecule has 3 aromatic rings. The Morgan fingerprint density at radius 2 is 1.09 bits per heavy atom. The molecule has 8 bridgehead atoms. The zero-order chi connectivity index (χ0) is 48.4. The van der Waals surface area contributed by atoms with Gasteiger partial charge in [0.2, 0.25) is 6.29 Å². The maximum Gasteiger partial charge on any atom is 0.376 e. The molecule has 378 valence electrons. The first kappa shape index (κ1) is 53.0. The zero-order valence-corrected chi connectivity index (χ0v) is 40.3. The summed E-state index contributed by atoms with van der Waals surface area (Å²) in [6.45, 7) is 1.66. The topological polar surface area (TPSA) is 138 Å². The largest absolute Gasteiger partial charge is 0.482 e. The summed E-state index contributed by atoms with van der Waals surface area (Å²) in [5, 5.41) is 21.0. The fraction of sp³-hybridized carbons (Fsp3) is 0.604. The summed E-state index contributed by atoms with van der Waals surface area (Å²) in [5.41, 5.74) is -1.82. The fourth-order valence-corrected chi connectivity index (χ4v) is 15.7. The van der Waals surface area contributed by atoms with Gasteiger partial charge in [-0.05, 0) is 149 Å². The molecule has 0 radical (unpaired) electrons.